The second-order valence-electron chi connectivity index (χ2n) is 4.44. The summed E-state index contributed by atoms with van der Waals surface area (Å²) in [7, 11) is 0. The van der Waals surface area contributed by atoms with E-state index in [0.29, 0.717) is 5.56 Å². The van der Waals surface area contributed by atoms with Crippen LogP contribution in [0.5, 0.6) is 5.75 Å². The first kappa shape index (κ1) is 11.0. The minimum absolute atomic E-state index is 0.0560. The number of rotatable bonds is 1. The lowest BCUT2D eigenvalue weighted by molar-refractivity contribution is -0.0427. The lowest BCUT2D eigenvalue weighted by Crippen LogP contribution is -2.12. The molecule has 1 aromatic carbocycles. The van der Waals surface area contributed by atoms with Gasteiger partial charge in [0, 0.05) is 5.56 Å². The monoisotopic (exact) mass is 196 g/mol. The predicted octanol–water partition coefficient (Wildman–Crippen LogP) is 1.67. The Morgan fingerprint density at radius 1 is 1.07 bits per heavy atom. The van der Waals surface area contributed by atoms with E-state index in [4.69, 9.17) is 10.2 Å². The summed E-state index contributed by atoms with van der Waals surface area (Å²) in [6.45, 7) is 5.99. The Morgan fingerprint density at radius 3 is 2.07 bits per heavy atom. The van der Waals surface area contributed by atoms with Crippen molar-refractivity contribution in [1.82, 2.24) is 0 Å². The van der Waals surface area contributed by atoms with Crippen LogP contribution in [0.2, 0.25) is 0 Å². The second kappa shape index (κ2) is 3.59. The van der Waals surface area contributed by atoms with Crippen molar-refractivity contribution in [3.63, 3.8) is 0 Å². The van der Waals surface area contributed by atoms with Crippen molar-refractivity contribution in [2.24, 2.45) is 0 Å². The molecule has 0 aliphatic rings. The summed E-state index contributed by atoms with van der Waals surface area (Å²) in [5.41, 5.74) is 1.07. The van der Waals surface area contributed by atoms with Gasteiger partial charge in [-0.2, -0.15) is 0 Å². The maximum Gasteiger partial charge on any atom is 0.178 e. The highest BCUT2D eigenvalue weighted by Crippen LogP contribution is 2.28. The van der Waals surface area contributed by atoms with Crippen molar-refractivity contribution >= 4 is 0 Å². The van der Waals surface area contributed by atoms with Gasteiger partial charge >= 0.3 is 0 Å². The summed E-state index contributed by atoms with van der Waals surface area (Å²) in [5, 5.41) is 27.3. The standard InChI is InChI=1S/C11H16O3/c1-11(2,3)8-4-7(10(13)14)5-9(12)6-8/h4-6,10,12-14H,1-3H3. The van der Waals surface area contributed by atoms with Crippen molar-refractivity contribution in [1.29, 1.82) is 0 Å². The average molecular weight is 196 g/mol. The Kier molecular flexibility index (Phi) is 2.83. The molecule has 0 spiro atoms. The molecule has 78 valence electrons. The minimum atomic E-state index is -1.54. The normalized spacial score (nSPS) is 12.1. The van der Waals surface area contributed by atoms with Crippen LogP contribution in [0, 0.1) is 0 Å². The first-order valence-electron chi connectivity index (χ1n) is 4.51. The fourth-order valence-corrected chi connectivity index (χ4v) is 1.22. The number of aromatic hydroxyl groups is 1. The molecule has 0 unspecified atom stereocenters. The van der Waals surface area contributed by atoms with Crippen LogP contribution in [0.4, 0.5) is 0 Å². The van der Waals surface area contributed by atoms with Gasteiger partial charge in [-0.1, -0.05) is 20.8 Å². The van der Waals surface area contributed by atoms with Gasteiger partial charge in [-0.25, -0.2) is 0 Å². The number of phenolic OH excluding ortho intramolecular Hbond substituents is 1. The first-order valence-corrected chi connectivity index (χ1v) is 4.51. The molecule has 3 heteroatoms. The molecule has 3 nitrogen and oxygen atoms in total. The zero-order valence-electron chi connectivity index (χ0n) is 8.65. The Hall–Kier alpha value is -1.06. The maximum atomic E-state index is 9.38. The van der Waals surface area contributed by atoms with Gasteiger partial charge in [-0.3, -0.25) is 0 Å². The van der Waals surface area contributed by atoms with Gasteiger partial charge < -0.3 is 15.3 Å². The molecule has 0 saturated heterocycles. The smallest absolute Gasteiger partial charge is 0.178 e. The molecule has 0 heterocycles. The van der Waals surface area contributed by atoms with E-state index in [1.165, 1.54) is 6.07 Å². The van der Waals surface area contributed by atoms with Crippen molar-refractivity contribution in [3.05, 3.63) is 29.3 Å². The summed E-state index contributed by atoms with van der Waals surface area (Å²) in [6, 6.07) is 4.66. The van der Waals surface area contributed by atoms with Gasteiger partial charge in [0.1, 0.15) is 5.75 Å². The van der Waals surface area contributed by atoms with E-state index >= 15 is 0 Å². The number of hydrogen-bond acceptors (Lipinski definition) is 3. The van der Waals surface area contributed by atoms with E-state index in [1.807, 2.05) is 20.8 Å². The van der Waals surface area contributed by atoms with E-state index in [1.54, 1.807) is 12.1 Å². The largest absolute Gasteiger partial charge is 0.508 e. The lowest BCUT2D eigenvalue weighted by atomic mass is 9.86. The highest BCUT2D eigenvalue weighted by atomic mass is 16.5. The first-order chi connectivity index (χ1) is 6.30. The van der Waals surface area contributed by atoms with Crippen LogP contribution in [0.15, 0.2) is 18.2 Å². The topological polar surface area (TPSA) is 60.7 Å². The average Bonchev–Trinajstić information content (AvgIpc) is 2.01. The van der Waals surface area contributed by atoms with Crippen LogP contribution < -0.4 is 0 Å². The Balaban J connectivity index is 3.21. The molecule has 0 aromatic heterocycles. The Bertz CT molecular complexity index is 324. The third kappa shape index (κ3) is 2.47. The van der Waals surface area contributed by atoms with E-state index in [9.17, 15) is 5.11 Å². The van der Waals surface area contributed by atoms with Crippen LogP contribution in [-0.4, -0.2) is 15.3 Å². The van der Waals surface area contributed by atoms with Crippen molar-refractivity contribution in [3.8, 4) is 5.75 Å². The van der Waals surface area contributed by atoms with E-state index in [2.05, 4.69) is 0 Å². The van der Waals surface area contributed by atoms with Gasteiger partial charge in [0.25, 0.3) is 0 Å². The molecule has 3 N–H and O–H groups in total. The molecule has 0 fully saturated rings. The number of aliphatic hydroxyl groups excluding tert-OH is 1. The second-order valence-corrected chi connectivity index (χ2v) is 4.44. The van der Waals surface area contributed by atoms with Crippen LogP contribution in [-0.2, 0) is 5.41 Å². The van der Waals surface area contributed by atoms with Gasteiger partial charge in [-0.15, -0.1) is 0 Å². The highest BCUT2D eigenvalue weighted by molar-refractivity contribution is 5.37. The Labute approximate surface area is 83.6 Å². The molecule has 0 bridgehead atoms. The minimum Gasteiger partial charge on any atom is -0.508 e. The van der Waals surface area contributed by atoms with E-state index in [-0.39, 0.29) is 11.2 Å². The third-order valence-corrected chi connectivity index (χ3v) is 2.10. The zero-order chi connectivity index (χ0) is 10.9. The molecule has 1 aromatic rings. The summed E-state index contributed by atoms with van der Waals surface area (Å²) in [4.78, 5) is 0. The summed E-state index contributed by atoms with van der Waals surface area (Å²) < 4.78 is 0. The number of phenols is 1. The third-order valence-electron chi connectivity index (χ3n) is 2.10. The number of hydrogen-bond donors (Lipinski definition) is 3. The van der Waals surface area contributed by atoms with E-state index < -0.39 is 6.29 Å². The van der Waals surface area contributed by atoms with Crippen molar-refractivity contribution in [2.45, 2.75) is 32.5 Å². The van der Waals surface area contributed by atoms with Gasteiger partial charge in [-0.05, 0) is 29.2 Å². The summed E-state index contributed by atoms with van der Waals surface area (Å²) in [6.07, 6.45) is -1.54. The molecule has 0 amide bonds. The molecule has 0 atom stereocenters. The van der Waals surface area contributed by atoms with E-state index in [0.717, 1.165) is 5.56 Å². The van der Waals surface area contributed by atoms with Gasteiger partial charge in [0.15, 0.2) is 6.29 Å². The molecule has 0 saturated carbocycles. The lowest BCUT2D eigenvalue weighted by Gasteiger charge is -2.20. The van der Waals surface area contributed by atoms with Gasteiger partial charge in [0.05, 0.1) is 0 Å². The highest BCUT2D eigenvalue weighted by Gasteiger charge is 2.16. The number of aliphatic hydroxyl groups is 2. The summed E-state index contributed by atoms with van der Waals surface area (Å²) in [5.74, 6) is 0.0560. The molecular weight excluding hydrogens is 180 g/mol. The molecule has 0 radical (unpaired) electrons. The van der Waals surface area contributed by atoms with Crippen LogP contribution >= 0.6 is 0 Å². The Morgan fingerprint density at radius 2 is 1.64 bits per heavy atom. The quantitative estimate of drug-likeness (QED) is 0.599. The van der Waals surface area contributed by atoms with Gasteiger partial charge in [0.2, 0.25) is 0 Å². The maximum absolute atomic E-state index is 9.38. The van der Waals surface area contributed by atoms with Crippen molar-refractivity contribution < 1.29 is 15.3 Å². The predicted molar refractivity (Wildman–Crippen MR) is 54.0 cm³/mol. The summed E-state index contributed by atoms with van der Waals surface area (Å²) >= 11 is 0. The molecule has 1 rings (SSSR count). The zero-order valence-corrected chi connectivity index (χ0v) is 8.65. The van der Waals surface area contributed by atoms with Crippen molar-refractivity contribution in [2.75, 3.05) is 0 Å². The number of benzene rings is 1. The fraction of sp³-hybridized carbons (Fsp3) is 0.455. The molecular formula is C11H16O3. The van der Waals surface area contributed by atoms with Crippen LogP contribution in [0.1, 0.15) is 38.2 Å². The molecule has 14 heavy (non-hydrogen) atoms. The van der Waals surface area contributed by atoms with Crippen LogP contribution in [0.25, 0.3) is 0 Å². The van der Waals surface area contributed by atoms with Crippen LogP contribution in [0.3, 0.4) is 0 Å². The molecule has 0 aliphatic heterocycles. The fourth-order valence-electron chi connectivity index (χ4n) is 1.22. The molecule has 0 aliphatic carbocycles. The SMILES string of the molecule is CC(C)(C)c1cc(O)cc(C(O)O)c1.